The van der Waals surface area contributed by atoms with E-state index in [-0.39, 0.29) is 11.8 Å². The Balaban J connectivity index is 1.74. The predicted molar refractivity (Wildman–Crippen MR) is 104 cm³/mol. The number of fused-ring (bicyclic) bond motifs is 1. The van der Waals surface area contributed by atoms with Crippen molar-refractivity contribution in [1.29, 1.82) is 0 Å². The van der Waals surface area contributed by atoms with Crippen LogP contribution in [-0.4, -0.2) is 23.1 Å². The molecule has 4 rings (SSSR count). The molecule has 0 aliphatic heterocycles. The fourth-order valence-corrected chi connectivity index (χ4v) is 5.73. The maximum atomic E-state index is 13.4. The SMILES string of the molecule is O=S(=O)(C1CCCCC1)N(Cc1cnc2ccccn12)c1ccccc1. The zero-order valence-corrected chi connectivity index (χ0v) is 15.5. The highest BCUT2D eigenvalue weighted by Gasteiger charge is 2.33. The van der Waals surface area contributed by atoms with Gasteiger partial charge >= 0.3 is 0 Å². The lowest BCUT2D eigenvalue weighted by atomic mass is 10.0. The van der Waals surface area contributed by atoms with Gasteiger partial charge in [0.2, 0.25) is 10.0 Å². The molecule has 1 aliphatic rings. The van der Waals surface area contributed by atoms with E-state index in [4.69, 9.17) is 0 Å². The van der Waals surface area contributed by atoms with Gasteiger partial charge in [-0.05, 0) is 37.1 Å². The first-order chi connectivity index (χ1) is 12.7. The number of hydrogen-bond acceptors (Lipinski definition) is 3. The second kappa shape index (κ2) is 7.11. The van der Waals surface area contributed by atoms with Crippen LogP contribution in [0.1, 0.15) is 37.8 Å². The van der Waals surface area contributed by atoms with E-state index in [1.54, 1.807) is 10.5 Å². The van der Waals surface area contributed by atoms with E-state index in [2.05, 4.69) is 4.98 Å². The van der Waals surface area contributed by atoms with Gasteiger partial charge in [-0.2, -0.15) is 0 Å². The third-order valence-electron chi connectivity index (χ3n) is 5.12. The Kier molecular flexibility index (Phi) is 4.68. The van der Waals surface area contributed by atoms with Gasteiger partial charge in [0.1, 0.15) is 5.65 Å². The first-order valence-electron chi connectivity index (χ1n) is 9.14. The van der Waals surface area contributed by atoms with Crippen molar-refractivity contribution in [3.63, 3.8) is 0 Å². The van der Waals surface area contributed by atoms with Gasteiger partial charge in [0, 0.05) is 6.20 Å². The summed E-state index contributed by atoms with van der Waals surface area (Å²) in [7, 11) is -3.43. The molecule has 26 heavy (non-hydrogen) atoms. The molecule has 6 heteroatoms. The second-order valence-corrected chi connectivity index (χ2v) is 8.96. The van der Waals surface area contributed by atoms with Crippen molar-refractivity contribution in [3.8, 4) is 0 Å². The molecule has 0 bridgehead atoms. The largest absolute Gasteiger partial charge is 0.302 e. The number of imidazole rings is 1. The average molecular weight is 369 g/mol. The van der Waals surface area contributed by atoms with Crippen molar-refractivity contribution in [2.45, 2.75) is 43.9 Å². The Morgan fingerprint density at radius 3 is 2.50 bits per heavy atom. The van der Waals surface area contributed by atoms with E-state index in [0.717, 1.165) is 43.4 Å². The molecular weight excluding hydrogens is 346 g/mol. The molecule has 0 N–H and O–H groups in total. The molecule has 3 aromatic rings. The molecule has 0 amide bonds. The predicted octanol–water partition coefficient (Wildman–Crippen LogP) is 4.00. The molecule has 0 saturated heterocycles. The van der Waals surface area contributed by atoms with Gasteiger partial charge in [0.05, 0.1) is 29.4 Å². The van der Waals surface area contributed by atoms with Crippen LogP contribution in [0.2, 0.25) is 0 Å². The molecule has 1 aromatic carbocycles. The van der Waals surface area contributed by atoms with Gasteiger partial charge < -0.3 is 4.40 Å². The topological polar surface area (TPSA) is 54.7 Å². The first-order valence-corrected chi connectivity index (χ1v) is 10.6. The highest BCUT2D eigenvalue weighted by Crippen LogP contribution is 2.30. The molecule has 2 aromatic heterocycles. The Morgan fingerprint density at radius 2 is 1.73 bits per heavy atom. The maximum Gasteiger partial charge on any atom is 0.238 e. The number of nitrogens with zero attached hydrogens (tertiary/aromatic N) is 3. The van der Waals surface area contributed by atoms with Crippen LogP contribution in [0.25, 0.3) is 5.65 Å². The van der Waals surface area contributed by atoms with Crippen LogP contribution in [0.5, 0.6) is 0 Å². The summed E-state index contributed by atoms with van der Waals surface area (Å²) in [5.41, 5.74) is 2.40. The third-order valence-corrected chi connectivity index (χ3v) is 7.39. The molecule has 0 spiro atoms. The molecule has 1 aliphatic carbocycles. The third kappa shape index (κ3) is 3.21. The minimum Gasteiger partial charge on any atom is -0.302 e. The number of anilines is 1. The lowest BCUT2D eigenvalue weighted by Gasteiger charge is -2.31. The van der Waals surface area contributed by atoms with Crippen LogP contribution < -0.4 is 4.31 Å². The Bertz CT molecular complexity index is 976. The summed E-state index contributed by atoms with van der Waals surface area (Å²) in [4.78, 5) is 4.40. The van der Waals surface area contributed by atoms with E-state index in [9.17, 15) is 8.42 Å². The van der Waals surface area contributed by atoms with Gasteiger partial charge in [-0.15, -0.1) is 0 Å². The number of hydrogen-bond donors (Lipinski definition) is 0. The minimum atomic E-state index is -3.43. The van der Waals surface area contributed by atoms with E-state index in [0.29, 0.717) is 5.69 Å². The molecule has 2 heterocycles. The summed E-state index contributed by atoms with van der Waals surface area (Å²) in [6.07, 6.45) is 8.29. The second-order valence-electron chi connectivity index (χ2n) is 6.83. The molecule has 136 valence electrons. The van der Waals surface area contributed by atoms with E-state index in [1.807, 2.05) is 59.1 Å². The van der Waals surface area contributed by atoms with Crippen molar-refractivity contribution in [2.75, 3.05) is 4.31 Å². The molecule has 1 saturated carbocycles. The van der Waals surface area contributed by atoms with E-state index in [1.165, 1.54) is 0 Å². The molecule has 0 atom stereocenters. The van der Waals surface area contributed by atoms with Crippen LogP contribution >= 0.6 is 0 Å². The lowest BCUT2D eigenvalue weighted by Crippen LogP contribution is -2.39. The van der Waals surface area contributed by atoms with E-state index >= 15 is 0 Å². The number of aromatic nitrogens is 2. The lowest BCUT2D eigenvalue weighted by molar-refractivity contribution is 0.481. The van der Waals surface area contributed by atoms with Crippen molar-refractivity contribution in [2.24, 2.45) is 0 Å². The minimum absolute atomic E-state index is 0.286. The number of para-hydroxylation sites is 1. The fourth-order valence-electron chi connectivity index (χ4n) is 3.71. The maximum absolute atomic E-state index is 13.4. The normalized spacial score (nSPS) is 16.0. The van der Waals surface area contributed by atoms with Crippen LogP contribution in [-0.2, 0) is 16.6 Å². The van der Waals surface area contributed by atoms with Gasteiger partial charge in [0.25, 0.3) is 0 Å². The van der Waals surface area contributed by atoms with Crippen LogP contribution in [0.15, 0.2) is 60.9 Å². The Morgan fingerprint density at radius 1 is 1.00 bits per heavy atom. The van der Waals surface area contributed by atoms with Crippen molar-refractivity contribution < 1.29 is 8.42 Å². The van der Waals surface area contributed by atoms with Gasteiger partial charge in [0.15, 0.2) is 0 Å². The monoisotopic (exact) mass is 369 g/mol. The Hall–Kier alpha value is -2.34. The molecule has 1 fully saturated rings. The number of rotatable bonds is 5. The summed E-state index contributed by atoms with van der Waals surface area (Å²) in [5.74, 6) is 0. The van der Waals surface area contributed by atoms with Crippen molar-refractivity contribution >= 4 is 21.4 Å². The van der Waals surface area contributed by atoms with E-state index < -0.39 is 10.0 Å². The molecule has 5 nitrogen and oxygen atoms in total. The summed E-state index contributed by atoms with van der Waals surface area (Å²) >= 11 is 0. The summed E-state index contributed by atoms with van der Waals surface area (Å²) in [5, 5.41) is -0.296. The average Bonchev–Trinajstić information content (AvgIpc) is 3.10. The van der Waals surface area contributed by atoms with Crippen LogP contribution in [0, 0.1) is 0 Å². The summed E-state index contributed by atoms with van der Waals surface area (Å²) < 4.78 is 30.4. The highest BCUT2D eigenvalue weighted by atomic mass is 32.2. The smallest absolute Gasteiger partial charge is 0.238 e. The van der Waals surface area contributed by atoms with Crippen LogP contribution in [0.4, 0.5) is 5.69 Å². The van der Waals surface area contributed by atoms with Gasteiger partial charge in [-0.25, -0.2) is 13.4 Å². The highest BCUT2D eigenvalue weighted by molar-refractivity contribution is 7.93. The number of sulfonamides is 1. The zero-order valence-electron chi connectivity index (χ0n) is 14.7. The zero-order chi connectivity index (χ0) is 18.0. The molecule has 0 unspecified atom stereocenters. The van der Waals surface area contributed by atoms with Gasteiger partial charge in [-0.3, -0.25) is 4.31 Å². The van der Waals surface area contributed by atoms with Crippen molar-refractivity contribution in [3.05, 3.63) is 66.6 Å². The quantitative estimate of drug-likeness (QED) is 0.683. The first kappa shape index (κ1) is 17.1. The van der Waals surface area contributed by atoms with Crippen molar-refractivity contribution in [1.82, 2.24) is 9.38 Å². The number of pyridine rings is 1. The fraction of sp³-hybridized carbons (Fsp3) is 0.350. The van der Waals surface area contributed by atoms with Crippen LogP contribution in [0.3, 0.4) is 0 Å². The Labute approximate surface area is 154 Å². The molecular formula is C20H23N3O2S. The standard InChI is InChI=1S/C20H23N3O2S/c24-26(25,19-11-5-2-6-12-19)23(17-9-3-1-4-10-17)16-18-15-21-20-13-7-8-14-22(18)20/h1,3-4,7-10,13-15,19H,2,5-6,11-12,16H2. The number of benzene rings is 1. The summed E-state index contributed by atoms with van der Waals surface area (Å²) in [6, 6.07) is 15.2. The molecule has 0 radical (unpaired) electrons. The van der Waals surface area contributed by atoms with Gasteiger partial charge in [-0.1, -0.05) is 43.5 Å². The summed E-state index contributed by atoms with van der Waals surface area (Å²) in [6.45, 7) is 0.286.